The number of nitro groups is 1. The van der Waals surface area contributed by atoms with E-state index < -0.39 is 0 Å². The molecular weight excluding hydrogens is 376 g/mol. The number of fused-ring (bicyclic) bond motifs is 1. The van der Waals surface area contributed by atoms with Crippen molar-refractivity contribution in [1.29, 1.82) is 0 Å². The Bertz CT molecular complexity index is 969. The van der Waals surface area contributed by atoms with Gasteiger partial charge in [0.2, 0.25) is 0 Å². The third kappa shape index (κ3) is 4.69. The number of rotatable bonds is 3. The van der Waals surface area contributed by atoms with Crippen LogP contribution in [0, 0.1) is 10.1 Å². The Morgan fingerprint density at radius 3 is 2.13 bits per heavy atom. The first-order chi connectivity index (χ1) is 14.7. The maximum atomic E-state index is 11.1. The van der Waals surface area contributed by atoms with Gasteiger partial charge in [0.25, 0.3) is 5.69 Å². The van der Waals surface area contributed by atoms with E-state index in [0.717, 1.165) is 29.9 Å². The number of aromatic nitrogens is 3. The number of hydrogen-bond acceptors (Lipinski definition) is 3. The van der Waals surface area contributed by atoms with E-state index >= 15 is 0 Å². The molecule has 0 saturated heterocycles. The highest BCUT2D eigenvalue weighted by atomic mass is 16.6. The van der Waals surface area contributed by atoms with Crippen LogP contribution in [0.3, 0.4) is 0 Å². The summed E-state index contributed by atoms with van der Waals surface area (Å²) in [5, 5.41) is 11.1. The van der Waals surface area contributed by atoms with E-state index in [0.29, 0.717) is 6.04 Å². The van der Waals surface area contributed by atoms with E-state index in [9.17, 15) is 10.1 Å². The summed E-state index contributed by atoms with van der Waals surface area (Å²) in [5.41, 5.74) is 2.20. The summed E-state index contributed by atoms with van der Waals surface area (Å²) in [4.78, 5) is 15.4. The Morgan fingerprint density at radius 2 is 1.53 bits per heavy atom. The zero-order valence-electron chi connectivity index (χ0n) is 17.6. The van der Waals surface area contributed by atoms with Gasteiger partial charge in [0.1, 0.15) is 18.1 Å². The summed E-state index contributed by atoms with van der Waals surface area (Å²) in [7, 11) is 0. The predicted molar refractivity (Wildman–Crippen MR) is 117 cm³/mol. The van der Waals surface area contributed by atoms with Crippen LogP contribution < -0.4 is 4.40 Å². The molecule has 0 amide bonds. The van der Waals surface area contributed by atoms with Crippen LogP contribution in [0.4, 0.5) is 5.69 Å². The fraction of sp³-hybridized carbons (Fsp3) is 0.500. The van der Waals surface area contributed by atoms with E-state index in [-0.39, 0.29) is 10.6 Å². The van der Waals surface area contributed by atoms with Crippen molar-refractivity contribution in [3.63, 3.8) is 0 Å². The van der Waals surface area contributed by atoms with Crippen LogP contribution in [-0.2, 0) is 0 Å². The number of hydrogen-bond donors (Lipinski definition) is 0. The lowest BCUT2D eigenvalue weighted by Crippen LogP contribution is -2.21. The fourth-order valence-corrected chi connectivity index (χ4v) is 4.69. The molecule has 4 rings (SSSR count). The lowest BCUT2D eigenvalue weighted by Gasteiger charge is -2.18. The molecule has 0 N–H and O–H groups in total. The number of nitrogens with zero attached hydrogens (tertiary/aromatic N) is 4. The topological polar surface area (TPSA) is 65.1 Å². The van der Waals surface area contributed by atoms with Gasteiger partial charge in [0, 0.05) is 23.8 Å². The van der Waals surface area contributed by atoms with E-state index in [2.05, 4.69) is 15.2 Å². The summed E-state index contributed by atoms with van der Waals surface area (Å²) in [6.45, 7) is 0. The molecule has 6 nitrogen and oxygen atoms in total. The van der Waals surface area contributed by atoms with Crippen molar-refractivity contribution in [3.05, 3.63) is 59.0 Å². The van der Waals surface area contributed by atoms with E-state index in [4.69, 9.17) is 4.98 Å². The van der Waals surface area contributed by atoms with Gasteiger partial charge in [0.05, 0.1) is 17.2 Å². The smallest absolute Gasteiger partial charge is 0.258 e. The SMILES string of the molecule is O=[N+]([O-])c1ccc(-c2c[n+]3cccnc3n2C2CCCCCCCCCCC2)cc1. The zero-order chi connectivity index (χ0) is 20.8. The van der Waals surface area contributed by atoms with Crippen LogP contribution in [0.15, 0.2) is 48.9 Å². The van der Waals surface area contributed by atoms with Crippen LogP contribution >= 0.6 is 0 Å². The van der Waals surface area contributed by atoms with Crippen molar-refractivity contribution in [2.45, 2.75) is 76.7 Å². The van der Waals surface area contributed by atoms with Crippen molar-refractivity contribution in [3.8, 4) is 11.3 Å². The Labute approximate surface area is 177 Å². The maximum Gasteiger partial charge on any atom is 0.403 e. The maximum absolute atomic E-state index is 11.1. The van der Waals surface area contributed by atoms with Crippen molar-refractivity contribution in [1.82, 2.24) is 9.55 Å². The summed E-state index contributed by atoms with van der Waals surface area (Å²) in [6.07, 6.45) is 20.1. The predicted octanol–water partition coefficient (Wildman–Crippen LogP) is 6.04. The number of nitro benzene ring substituents is 1. The minimum atomic E-state index is -0.345. The molecule has 1 aliphatic rings. The summed E-state index contributed by atoms with van der Waals surface area (Å²) >= 11 is 0. The monoisotopic (exact) mass is 407 g/mol. The highest BCUT2D eigenvalue weighted by Crippen LogP contribution is 2.32. The molecule has 158 valence electrons. The molecule has 0 spiro atoms. The molecule has 0 atom stereocenters. The second kappa shape index (κ2) is 9.83. The van der Waals surface area contributed by atoms with E-state index in [1.807, 2.05) is 30.6 Å². The van der Waals surface area contributed by atoms with Crippen LogP contribution in [-0.4, -0.2) is 14.5 Å². The summed E-state index contributed by atoms with van der Waals surface area (Å²) in [5.74, 6) is 0.947. The van der Waals surface area contributed by atoms with Gasteiger partial charge in [-0.15, -0.1) is 0 Å². The van der Waals surface area contributed by atoms with Gasteiger partial charge in [-0.2, -0.15) is 0 Å². The van der Waals surface area contributed by atoms with Crippen molar-refractivity contribution in [2.24, 2.45) is 0 Å². The van der Waals surface area contributed by atoms with Gasteiger partial charge < -0.3 is 0 Å². The number of non-ortho nitro benzene ring substituents is 1. The lowest BCUT2D eigenvalue weighted by atomic mass is 9.97. The second-order valence-corrected chi connectivity index (χ2v) is 8.43. The average Bonchev–Trinajstić information content (AvgIpc) is 3.14. The minimum absolute atomic E-state index is 0.123. The third-order valence-corrected chi connectivity index (χ3v) is 6.30. The molecule has 0 radical (unpaired) electrons. The Hall–Kier alpha value is -2.76. The van der Waals surface area contributed by atoms with Crippen LogP contribution in [0.25, 0.3) is 17.0 Å². The quantitative estimate of drug-likeness (QED) is 0.302. The van der Waals surface area contributed by atoms with Crippen LogP contribution in [0.1, 0.15) is 76.7 Å². The summed E-state index contributed by atoms with van der Waals surface area (Å²) in [6, 6.07) is 9.25. The molecule has 0 bridgehead atoms. The average molecular weight is 408 g/mol. The third-order valence-electron chi connectivity index (χ3n) is 6.30. The van der Waals surface area contributed by atoms with Gasteiger partial charge >= 0.3 is 5.78 Å². The van der Waals surface area contributed by atoms with Crippen molar-refractivity contribution in [2.75, 3.05) is 0 Å². The van der Waals surface area contributed by atoms with Gasteiger partial charge in [-0.3, -0.25) is 10.1 Å². The van der Waals surface area contributed by atoms with Gasteiger partial charge in [-0.1, -0.05) is 49.9 Å². The first-order valence-electron chi connectivity index (χ1n) is 11.4. The van der Waals surface area contributed by atoms with Crippen LogP contribution in [0.5, 0.6) is 0 Å². The van der Waals surface area contributed by atoms with E-state index in [1.165, 1.54) is 57.8 Å². The zero-order valence-corrected chi connectivity index (χ0v) is 17.6. The first kappa shape index (κ1) is 20.5. The van der Waals surface area contributed by atoms with Gasteiger partial charge in [-0.25, -0.2) is 8.97 Å². The molecule has 1 fully saturated rings. The molecule has 0 unspecified atom stereocenters. The minimum Gasteiger partial charge on any atom is -0.258 e. The molecule has 6 heteroatoms. The molecule has 3 aromatic rings. The Kier molecular flexibility index (Phi) is 6.72. The molecule has 1 aliphatic carbocycles. The molecule has 30 heavy (non-hydrogen) atoms. The summed E-state index contributed by atoms with van der Waals surface area (Å²) < 4.78 is 4.46. The Balaban J connectivity index is 1.71. The molecule has 1 saturated carbocycles. The van der Waals surface area contributed by atoms with Crippen molar-refractivity contribution >= 4 is 11.5 Å². The largest absolute Gasteiger partial charge is 0.403 e. The molecule has 2 heterocycles. The molecule has 1 aromatic carbocycles. The Morgan fingerprint density at radius 1 is 0.933 bits per heavy atom. The van der Waals surface area contributed by atoms with Gasteiger partial charge in [0.15, 0.2) is 0 Å². The highest BCUT2D eigenvalue weighted by molar-refractivity contribution is 5.62. The lowest BCUT2D eigenvalue weighted by molar-refractivity contribution is -0.513. The standard InChI is InChI=1S/C24H31N4O2/c29-28(30)22-15-13-20(14-16-22)23-19-26-18-10-17-25-24(26)27(23)21-11-8-6-4-2-1-3-5-7-9-12-21/h10,13-19,21H,1-9,11-12H2/q+1. The van der Waals surface area contributed by atoms with Crippen LogP contribution in [0.2, 0.25) is 0 Å². The normalized spacial score (nSPS) is 17.3. The van der Waals surface area contributed by atoms with Gasteiger partial charge in [-0.05, 0) is 37.8 Å². The molecule has 2 aromatic heterocycles. The fourth-order valence-electron chi connectivity index (χ4n) is 4.69. The second-order valence-electron chi connectivity index (χ2n) is 8.43. The molecule has 0 aliphatic heterocycles. The number of imidazole rings is 1. The molecular formula is C24H31N4O2+. The van der Waals surface area contributed by atoms with E-state index in [1.54, 1.807) is 12.1 Å². The highest BCUT2D eigenvalue weighted by Gasteiger charge is 2.26. The number of benzene rings is 1. The first-order valence-corrected chi connectivity index (χ1v) is 11.4. The van der Waals surface area contributed by atoms with Crippen molar-refractivity contribution < 1.29 is 9.32 Å².